The van der Waals surface area contributed by atoms with Crippen molar-refractivity contribution in [3.8, 4) is 0 Å². The van der Waals surface area contributed by atoms with Crippen LogP contribution >= 0.6 is 0 Å². The van der Waals surface area contributed by atoms with Gasteiger partial charge in [0.15, 0.2) is 0 Å². The minimum atomic E-state index is 0.874. The normalized spacial score (nSPS) is 16.8. The zero-order valence-electron chi connectivity index (χ0n) is 8.01. The van der Waals surface area contributed by atoms with Gasteiger partial charge < -0.3 is 15.0 Å². The Morgan fingerprint density at radius 1 is 1.25 bits per heavy atom. The van der Waals surface area contributed by atoms with Gasteiger partial charge >= 0.3 is 0 Å². The summed E-state index contributed by atoms with van der Waals surface area (Å²) in [6.45, 7) is 7.04. The molecule has 1 fully saturated rings. The largest absolute Gasteiger partial charge is 0.385 e. The van der Waals surface area contributed by atoms with E-state index < -0.39 is 0 Å². The van der Waals surface area contributed by atoms with Gasteiger partial charge in [-0.05, 0) is 32.5 Å². The lowest BCUT2D eigenvalue weighted by molar-refractivity contribution is 0.194. The van der Waals surface area contributed by atoms with Crippen LogP contribution < -0.4 is 5.32 Å². The van der Waals surface area contributed by atoms with Crippen LogP contribution in [0.2, 0.25) is 0 Å². The van der Waals surface area contributed by atoms with Crippen LogP contribution in [0.4, 0.5) is 0 Å². The summed E-state index contributed by atoms with van der Waals surface area (Å²) >= 11 is 0. The standard InChI is InChI=1S/C9H20N2O/c1-12-9-3-5-10-4-2-6-11-7-8-11/h10H,2-9H2,1H3. The maximum absolute atomic E-state index is 4.95. The monoisotopic (exact) mass is 172 g/mol. The Hall–Kier alpha value is -0.120. The first kappa shape index (κ1) is 9.96. The first-order valence-corrected chi connectivity index (χ1v) is 4.85. The lowest BCUT2D eigenvalue weighted by Gasteiger charge is -2.03. The van der Waals surface area contributed by atoms with E-state index in [1.54, 1.807) is 7.11 Å². The van der Waals surface area contributed by atoms with E-state index in [0.717, 1.165) is 26.1 Å². The lowest BCUT2D eigenvalue weighted by atomic mass is 10.4. The Morgan fingerprint density at radius 2 is 2.00 bits per heavy atom. The molecular formula is C9H20N2O. The second kappa shape index (κ2) is 6.40. The predicted molar refractivity (Wildman–Crippen MR) is 50.4 cm³/mol. The van der Waals surface area contributed by atoms with Crippen LogP contribution in [0.1, 0.15) is 12.8 Å². The van der Waals surface area contributed by atoms with Crippen molar-refractivity contribution in [1.29, 1.82) is 0 Å². The first-order chi connectivity index (χ1) is 5.93. The van der Waals surface area contributed by atoms with E-state index in [-0.39, 0.29) is 0 Å². The molecule has 0 atom stereocenters. The first-order valence-electron chi connectivity index (χ1n) is 4.85. The van der Waals surface area contributed by atoms with E-state index in [9.17, 15) is 0 Å². The molecule has 0 bridgehead atoms. The number of rotatable bonds is 8. The number of ether oxygens (including phenoxy) is 1. The second-order valence-corrected chi connectivity index (χ2v) is 3.29. The molecule has 1 N–H and O–H groups in total. The summed E-state index contributed by atoms with van der Waals surface area (Å²) < 4.78 is 4.95. The van der Waals surface area contributed by atoms with Crippen LogP contribution in [-0.2, 0) is 4.74 Å². The zero-order chi connectivity index (χ0) is 8.65. The molecule has 72 valence electrons. The summed E-state index contributed by atoms with van der Waals surface area (Å²) in [5.74, 6) is 0. The highest BCUT2D eigenvalue weighted by Gasteiger charge is 2.14. The molecule has 1 saturated heterocycles. The van der Waals surface area contributed by atoms with Crippen LogP contribution in [-0.4, -0.2) is 51.3 Å². The zero-order valence-corrected chi connectivity index (χ0v) is 8.01. The molecule has 0 saturated carbocycles. The van der Waals surface area contributed by atoms with Gasteiger partial charge in [-0.25, -0.2) is 0 Å². The molecule has 0 amide bonds. The van der Waals surface area contributed by atoms with Crippen molar-refractivity contribution < 1.29 is 4.74 Å². The molecular weight excluding hydrogens is 152 g/mol. The van der Waals surface area contributed by atoms with Crippen molar-refractivity contribution in [1.82, 2.24) is 10.2 Å². The fourth-order valence-corrected chi connectivity index (χ4v) is 1.19. The van der Waals surface area contributed by atoms with Crippen molar-refractivity contribution in [2.75, 3.05) is 46.4 Å². The van der Waals surface area contributed by atoms with Crippen molar-refractivity contribution in [3.05, 3.63) is 0 Å². The highest BCUT2D eigenvalue weighted by Crippen LogP contribution is 2.02. The van der Waals surface area contributed by atoms with E-state index in [0.29, 0.717) is 0 Å². The molecule has 3 heteroatoms. The van der Waals surface area contributed by atoms with Gasteiger partial charge in [-0.2, -0.15) is 0 Å². The van der Waals surface area contributed by atoms with E-state index >= 15 is 0 Å². The number of nitrogens with zero attached hydrogens (tertiary/aromatic N) is 1. The minimum Gasteiger partial charge on any atom is -0.385 e. The number of nitrogens with one attached hydrogen (secondary N) is 1. The van der Waals surface area contributed by atoms with Crippen molar-refractivity contribution in [2.45, 2.75) is 12.8 Å². The van der Waals surface area contributed by atoms with Gasteiger partial charge in [0.05, 0.1) is 0 Å². The van der Waals surface area contributed by atoms with E-state index in [4.69, 9.17) is 4.74 Å². The average molecular weight is 172 g/mol. The van der Waals surface area contributed by atoms with Crippen molar-refractivity contribution >= 4 is 0 Å². The fraction of sp³-hybridized carbons (Fsp3) is 1.00. The minimum absolute atomic E-state index is 0.874. The fourth-order valence-electron chi connectivity index (χ4n) is 1.19. The average Bonchev–Trinajstić information content (AvgIpc) is 2.87. The third kappa shape index (κ3) is 5.52. The van der Waals surface area contributed by atoms with Crippen LogP contribution in [0.3, 0.4) is 0 Å². The summed E-state index contributed by atoms with van der Waals surface area (Å²) in [4.78, 5) is 2.46. The molecule has 1 aliphatic rings. The van der Waals surface area contributed by atoms with Gasteiger partial charge in [-0.3, -0.25) is 0 Å². The molecule has 0 unspecified atom stereocenters. The van der Waals surface area contributed by atoms with Crippen LogP contribution in [0.5, 0.6) is 0 Å². The topological polar surface area (TPSA) is 24.3 Å². The van der Waals surface area contributed by atoms with E-state index in [1.807, 2.05) is 0 Å². The number of hydrogen-bond acceptors (Lipinski definition) is 3. The molecule has 0 aromatic carbocycles. The van der Waals surface area contributed by atoms with E-state index in [2.05, 4.69) is 10.2 Å². The van der Waals surface area contributed by atoms with Gasteiger partial charge in [0, 0.05) is 26.8 Å². The van der Waals surface area contributed by atoms with E-state index in [1.165, 1.54) is 26.1 Å². The summed E-state index contributed by atoms with van der Waals surface area (Å²) in [6.07, 6.45) is 2.41. The highest BCUT2D eigenvalue weighted by molar-refractivity contribution is 4.71. The summed E-state index contributed by atoms with van der Waals surface area (Å²) in [6, 6.07) is 0. The highest BCUT2D eigenvalue weighted by atomic mass is 16.5. The van der Waals surface area contributed by atoms with Crippen molar-refractivity contribution in [2.24, 2.45) is 0 Å². The predicted octanol–water partition coefficient (Wildman–Crippen LogP) is 0.318. The van der Waals surface area contributed by atoms with Gasteiger partial charge in [-0.15, -0.1) is 0 Å². The summed E-state index contributed by atoms with van der Waals surface area (Å²) in [7, 11) is 1.75. The Morgan fingerprint density at radius 3 is 2.67 bits per heavy atom. The third-order valence-corrected chi connectivity index (χ3v) is 2.07. The molecule has 1 heterocycles. The lowest BCUT2D eigenvalue weighted by Crippen LogP contribution is -2.20. The quantitative estimate of drug-likeness (QED) is 0.421. The van der Waals surface area contributed by atoms with Gasteiger partial charge in [0.1, 0.15) is 0 Å². The maximum atomic E-state index is 4.95. The Labute approximate surface area is 75.1 Å². The molecule has 0 spiro atoms. The second-order valence-electron chi connectivity index (χ2n) is 3.29. The number of methoxy groups -OCH3 is 1. The molecule has 1 rings (SSSR count). The number of hydrogen-bond donors (Lipinski definition) is 1. The molecule has 0 aromatic rings. The molecule has 0 aliphatic carbocycles. The third-order valence-electron chi connectivity index (χ3n) is 2.07. The van der Waals surface area contributed by atoms with Gasteiger partial charge in [0.2, 0.25) is 0 Å². The molecule has 3 nitrogen and oxygen atoms in total. The Kier molecular flexibility index (Phi) is 5.32. The summed E-state index contributed by atoms with van der Waals surface area (Å²) in [5.41, 5.74) is 0. The summed E-state index contributed by atoms with van der Waals surface area (Å²) in [5, 5.41) is 3.40. The van der Waals surface area contributed by atoms with Gasteiger partial charge in [0.25, 0.3) is 0 Å². The smallest absolute Gasteiger partial charge is 0.0474 e. The van der Waals surface area contributed by atoms with Crippen LogP contribution in [0, 0.1) is 0 Å². The Bertz CT molecular complexity index is 105. The maximum Gasteiger partial charge on any atom is 0.0474 e. The Balaban J connectivity index is 1.65. The van der Waals surface area contributed by atoms with Crippen LogP contribution in [0.25, 0.3) is 0 Å². The van der Waals surface area contributed by atoms with Gasteiger partial charge in [-0.1, -0.05) is 0 Å². The SMILES string of the molecule is COCCCNCCCN1CC1. The molecule has 1 aliphatic heterocycles. The molecule has 12 heavy (non-hydrogen) atoms. The van der Waals surface area contributed by atoms with Crippen molar-refractivity contribution in [3.63, 3.8) is 0 Å². The molecule has 0 aromatic heterocycles. The van der Waals surface area contributed by atoms with Crippen LogP contribution in [0.15, 0.2) is 0 Å². The molecule has 0 radical (unpaired) electrons.